The summed E-state index contributed by atoms with van der Waals surface area (Å²) < 4.78 is 6.68. The lowest BCUT2D eigenvalue weighted by atomic mass is 9.44. The highest BCUT2D eigenvalue weighted by Gasteiger charge is 2.70. The number of carbonyl (C=O) groups is 2. The molecule has 3 rings (SSSR count). The molecule has 0 saturated carbocycles. The number of aromatic hydroxyl groups is 1. The molecule has 2 heterocycles. The van der Waals surface area contributed by atoms with Crippen molar-refractivity contribution in [2.75, 3.05) is 27.2 Å². The van der Waals surface area contributed by atoms with Crippen LogP contribution in [0.3, 0.4) is 0 Å². The van der Waals surface area contributed by atoms with Crippen LogP contribution in [0.2, 0.25) is 0 Å². The first-order valence-electron chi connectivity index (χ1n) is 18.8. The summed E-state index contributed by atoms with van der Waals surface area (Å²) in [5, 5.41) is 23.1. The fourth-order valence-electron chi connectivity index (χ4n) is 9.26. The standard InChI is InChI=1S/C42H72N2O5/c1-18-19-28(24-27-25-29(36(2,3)4)33(45)30(26-27)37(5,6)7)49-35(48)42(34(46)47,31-20-22-43(16)40(12,13)38(31,8)9)32-21-23-44(17)41(14,15)39(32,10)11/h25-26,28,31-32,45H,18-24H2,1-17H3,(H,46,47). The molecule has 0 radical (unpaired) electrons. The Kier molecular flexibility index (Phi) is 11.3. The van der Waals surface area contributed by atoms with Gasteiger partial charge in [-0.05, 0) is 124 Å². The number of ether oxygens (including phenoxy) is 1. The Morgan fingerprint density at radius 3 is 1.53 bits per heavy atom. The van der Waals surface area contributed by atoms with Gasteiger partial charge >= 0.3 is 11.9 Å². The molecule has 1 aromatic carbocycles. The summed E-state index contributed by atoms with van der Waals surface area (Å²) in [5.41, 5.74) is -1.40. The molecule has 0 spiro atoms. The molecule has 0 bridgehead atoms. The fraction of sp³-hybridized carbons (Fsp3) is 0.810. The van der Waals surface area contributed by atoms with Gasteiger partial charge in [-0.1, -0.05) is 94.7 Å². The number of aliphatic carboxylic acids is 1. The average Bonchev–Trinajstić information content (AvgIpc) is 2.93. The highest BCUT2D eigenvalue weighted by atomic mass is 16.5. The van der Waals surface area contributed by atoms with Crippen LogP contribution < -0.4 is 0 Å². The predicted molar refractivity (Wildman–Crippen MR) is 201 cm³/mol. The summed E-state index contributed by atoms with van der Waals surface area (Å²) in [7, 11) is 4.21. The Labute approximate surface area is 299 Å². The number of nitrogens with zero attached hydrogens (tertiary/aromatic N) is 2. The van der Waals surface area contributed by atoms with E-state index < -0.39 is 46.1 Å². The number of hydrogen-bond acceptors (Lipinski definition) is 6. The normalized spacial score (nSPS) is 26.1. The summed E-state index contributed by atoms with van der Waals surface area (Å²) in [4.78, 5) is 34.3. The zero-order valence-corrected chi connectivity index (χ0v) is 34.4. The number of hydrogen-bond donors (Lipinski definition) is 2. The number of carbonyl (C=O) groups excluding carboxylic acids is 1. The summed E-state index contributed by atoms with van der Waals surface area (Å²) in [6.07, 6.45) is 2.53. The van der Waals surface area contributed by atoms with Gasteiger partial charge in [0.2, 0.25) is 0 Å². The van der Waals surface area contributed by atoms with Crippen molar-refractivity contribution in [2.24, 2.45) is 28.1 Å². The minimum Gasteiger partial charge on any atom is -0.507 e. The van der Waals surface area contributed by atoms with Gasteiger partial charge in [0.25, 0.3) is 0 Å². The van der Waals surface area contributed by atoms with Crippen LogP contribution >= 0.6 is 0 Å². The monoisotopic (exact) mass is 685 g/mol. The largest absolute Gasteiger partial charge is 0.507 e. The molecule has 7 nitrogen and oxygen atoms in total. The molecule has 7 heteroatoms. The van der Waals surface area contributed by atoms with Crippen LogP contribution in [-0.2, 0) is 31.6 Å². The van der Waals surface area contributed by atoms with Gasteiger partial charge in [0.05, 0.1) is 0 Å². The lowest BCUT2D eigenvalue weighted by Crippen LogP contribution is -2.71. The molecule has 0 amide bonds. The van der Waals surface area contributed by atoms with Crippen LogP contribution in [0.4, 0.5) is 0 Å². The molecule has 3 unspecified atom stereocenters. The molecule has 0 aliphatic carbocycles. The summed E-state index contributed by atoms with van der Waals surface area (Å²) in [5.74, 6) is -2.22. The first kappa shape index (κ1) is 41.3. The Morgan fingerprint density at radius 1 is 0.816 bits per heavy atom. The third kappa shape index (κ3) is 6.93. The van der Waals surface area contributed by atoms with E-state index in [-0.39, 0.29) is 21.9 Å². The van der Waals surface area contributed by atoms with Crippen molar-refractivity contribution in [3.8, 4) is 5.75 Å². The van der Waals surface area contributed by atoms with E-state index in [2.05, 4.69) is 140 Å². The van der Waals surface area contributed by atoms with E-state index in [1.807, 2.05) is 0 Å². The van der Waals surface area contributed by atoms with Crippen molar-refractivity contribution in [1.29, 1.82) is 0 Å². The molecule has 3 atom stereocenters. The molecular weight excluding hydrogens is 612 g/mol. The van der Waals surface area contributed by atoms with Crippen molar-refractivity contribution in [3.05, 3.63) is 28.8 Å². The van der Waals surface area contributed by atoms with Crippen LogP contribution in [0.1, 0.15) is 146 Å². The Morgan fingerprint density at radius 2 is 1.20 bits per heavy atom. The second-order valence-electron chi connectivity index (χ2n) is 19.8. The zero-order valence-electron chi connectivity index (χ0n) is 34.4. The number of piperidine rings is 2. The molecule has 280 valence electrons. The second kappa shape index (κ2) is 13.5. The van der Waals surface area contributed by atoms with E-state index in [0.29, 0.717) is 44.5 Å². The van der Waals surface area contributed by atoms with Crippen LogP contribution in [0.15, 0.2) is 12.1 Å². The maximum absolute atomic E-state index is 15.4. The maximum Gasteiger partial charge on any atom is 0.324 e. The topological polar surface area (TPSA) is 90.3 Å². The van der Waals surface area contributed by atoms with Gasteiger partial charge in [-0.15, -0.1) is 0 Å². The van der Waals surface area contributed by atoms with Gasteiger partial charge in [-0.3, -0.25) is 9.59 Å². The van der Waals surface area contributed by atoms with E-state index >= 15 is 4.79 Å². The zero-order chi connectivity index (χ0) is 37.9. The molecule has 2 N–H and O–H groups in total. The van der Waals surface area contributed by atoms with Crippen molar-refractivity contribution < 1.29 is 24.5 Å². The molecule has 49 heavy (non-hydrogen) atoms. The van der Waals surface area contributed by atoms with Crippen molar-refractivity contribution >= 4 is 11.9 Å². The van der Waals surface area contributed by atoms with Gasteiger partial charge in [0.15, 0.2) is 5.41 Å². The van der Waals surface area contributed by atoms with Gasteiger partial charge in [0, 0.05) is 17.5 Å². The van der Waals surface area contributed by atoms with E-state index in [9.17, 15) is 15.0 Å². The maximum atomic E-state index is 15.4. The number of rotatable bonds is 9. The summed E-state index contributed by atoms with van der Waals surface area (Å²) in [6.45, 7) is 33.4. The molecule has 0 aromatic heterocycles. The number of phenols is 1. The Hall–Kier alpha value is -2.12. The van der Waals surface area contributed by atoms with Gasteiger partial charge in [-0.2, -0.15) is 0 Å². The number of benzene rings is 1. The highest BCUT2D eigenvalue weighted by Crippen LogP contribution is 2.63. The average molecular weight is 685 g/mol. The SMILES string of the molecule is CCCC(Cc1cc(C(C)(C)C)c(O)c(C(C)(C)C)c1)OC(=O)C(C(=O)O)(C1CCN(C)C(C)(C)C1(C)C)C1CCN(C)C(C)(C)C1(C)C. The lowest BCUT2D eigenvalue weighted by Gasteiger charge is -2.65. The van der Waals surface area contributed by atoms with Gasteiger partial charge in [-0.25, -0.2) is 0 Å². The fourth-order valence-corrected chi connectivity index (χ4v) is 9.26. The lowest BCUT2D eigenvalue weighted by molar-refractivity contribution is -0.216. The molecule has 2 fully saturated rings. The first-order valence-corrected chi connectivity index (χ1v) is 18.8. The second-order valence-corrected chi connectivity index (χ2v) is 19.8. The van der Waals surface area contributed by atoms with Gasteiger partial charge < -0.3 is 24.7 Å². The van der Waals surface area contributed by atoms with E-state index in [0.717, 1.165) is 23.1 Å². The molecule has 2 aliphatic heterocycles. The quantitative estimate of drug-likeness (QED) is 0.198. The number of phenolic OH excluding ortho intramolecular Hbond substituents is 1. The molecule has 2 aliphatic rings. The minimum atomic E-state index is -1.75. The molecule has 2 saturated heterocycles. The van der Waals surface area contributed by atoms with Crippen LogP contribution in [0.25, 0.3) is 0 Å². The number of carboxylic acid groups (broad SMARTS) is 1. The predicted octanol–water partition coefficient (Wildman–Crippen LogP) is 8.83. The summed E-state index contributed by atoms with van der Waals surface area (Å²) >= 11 is 0. The number of likely N-dealkylation sites (tertiary alicyclic amines) is 2. The van der Waals surface area contributed by atoms with Crippen molar-refractivity contribution in [1.82, 2.24) is 9.80 Å². The summed E-state index contributed by atoms with van der Waals surface area (Å²) in [6, 6.07) is 4.10. The Bertz CT molecular complexity index is 1300. The number of carboxylic acids is 1. The Balaban J connectivity index is 2.26. The van der Waals surface area contributed by atoms with Gasteiger partial charge in [0.1, 0.15) is 11.9 Å². The third-order valence-corrected chi connectivity index (χ3v) is 14.2. The highest BCUT2D eigenvalue weighted by molar-refractivity contribution is 6.00. The van der Waals surface area contributed by atoms with E-state index in [1.54, 1.807) is 0 Å². The van der Waals surface area contributed by atoms with Crippen molar-refractivity contribution in [3.63, 3.8) is 0 Å². The third-order valence-electron chi connectivity index (χ3n) is 14.2. The van der Waals surface area contributed by atoms with Crippen LogP contribution in [0, 0.1) is 28.1 Å². The van der Waals surface area contributed by atoms with E-state index in [4.69, 9.17) is 4.74 Å². The van der Waals surface area contributed by atoms with Crippen LogP contribution in [-0.4, -0.2) is 76.3 Å². The van der Waals surface area contributed by atoms with E-state index in [1.165, 1.54) is 0 Å². The minimum absolute atomic E-state index is 0.297. The van der Waals surface area contributed by atoms with Crippen LogP contribution in [0.5, 0.6) is 5.75 Å². The molecular formula is C42H72N2O5. The smallest absolute Gasteiger partial charge is 0.324 e. The molecule has 1 aromatic rings. The number of esters is 1. The van der Waals surface area contributed by atoms with Crippen molar-refractivity contribution in [2.45, 2.75) is 164 Å². The first-order chi connectivity index (χ1) is 22.0.